The van der Waals surface area contributed by atoms with Crippen molar-refractivity contribution in [2.24, 2.45) is 0 Å². The number of hydrogen-bond donors (Lipinski definition) is 1. The highest BCUT2D eigenvalue weighted by molar-refractivity contribution is 5.82. The molecule has 37 heavy (non-hydrogen) atoms. The number of benzene rings is 3. The van der Waals surface area contributed by atoms with E-state index in [4.69, 9.17) is 9.47 Å². The molecule has 0 aliphatic rings. The Morgan fingerprint density at radius 1 is 0.784 bits per heavy atom. The van der Waals surface area contributed by atoms with E-state index < -0.39 is 11.9 Å². The standard InChI is InChI=1S/C32H34O5/c1-4-24-9-7-8-10-29(24)28-21-26(16-19-36-30(34)5-2)32(25-13-11-23(12-14-25)15-18-33)27(22-28)17-20-37-31(35)6-3/h5-14,21-22,33H,2-4,15-20H2,1H3. The number of rotatable bonds is 13. The molecule has 0 saturated carbocycles. The number of ether oxygens (including phenoxy) is 2. The first-order valence-corrected chi connectivity index (χ1v) is 12.5. The summed E-state index contributed by atoms with van der Waals surface area (Å²) in [7, 11) is 0. The Balaban J connectivity index is 2.14. The predicted molar refractivity (Wildman–Crippen MR) is 147 cm³/mol. The Morgan fingerprint density at radius 3 is 1.86 bits per heavy atom. The lowest BCUT2D eigenvalue weighted by Gasteiger charge is -2.20. The normalized spacial score (nSPS) is 10.5. The van der Waals surface area contributed by atoms with Crippen LogP contribution in [0.15, 0.2) is 86.0 Å². The lowest BCUT2D eigenvalue weighted by molar-refractivity contribution is -0.138. The lowest BCUT2D eigenvalue weighted by atomic mass is 9.86. The van der Waals surface area contributed by atoms with E-state index in [0.717, 1.165) is 57.5 Å². The molecule has 0 radical (unpaired) electrons. The van der Waals surface area contributed by atoms with Crippen molar-refractivity contribution in [2.45, 2.75) is 32.6 Å². The van der Waals surface area contributed by atoms with E-state index in [1.807, 2.05) is 36.4 Å². The Kier molecular flexibility index (Phi) is 10.4. The first-order chi connectivity index (χ1) is 18.0. The Morgan fingerprint density at radius 2 is 1.35 bits per heavy atom. The van der Waals surface area contributed by atoms with Crippen LogP contribution in [0.2, 0.25) is 0 Å². The third-order valence-electron chi connectivity index (χ3n) is 6.22. The van der Waals surface area contributed by atoms with Crippen molar-refractivity contribution in [3.8, 4) is 22.3 Å². The number of hydrogen-bond acceptors (Lipinski definition) is 5. The maximum absolute atomic E-state index is 11.7. The molecule has 0 saturated heterocycles. The minimum absolute atomic E-state index is 0.0880. The van der Waals surface area contributed by atoms with Crippen LogP contribution in [0.5, 0.6) is 0 Å². The van der Waals surface area contributed by atoms with Crippen molar-refractivity contribution in [1.29, 1.82) is 0 Å². The number of aliphatic hydroxyl groups excluding tert-OH is 1. The predicted octanol–water partition coefficient (Wildman–Crippen LogP) is 5.66. The number of aliphatic hydroxyl groups is 1. The molecule has 5 heteroatoms. The first-order valence-electron chi connectivity index (χ1n) is 12.5. The van der Waals surface area contributed by atoms with Crippen molar-refractivity contribution >= 4 is 11.9 Å². The number of carbonyl (C=O) groups is 2. The summed E-state index contributed by atoms with van der Waals surface area (Å²) in [5.41, 5.74) is 8.57. The fourth-order valence-electron chi connectivity index (χ4n) is 4.41. The molecule has 0 aromatic heterocycles. The van der Waals surface area contributed by atoms with E-state index >= 15 is 0 Å². The maximum atomic E-state index is 11.7. The van der Waals surface area contributed by atoms with Crippen molar-refractivity contribution in [3.05, 3.63) is 108 Å². The van der Waals surface area contributed by atoms with E-state index in [-0.39, 0.29) is 19.8 Å². The highest BCUT2D eigenvalue weighted by Crippen LogP contribution is 2.35. The van der Waals surface area contributed by atoms with E-state index in [2.05, 4.69) is 44.3 Å². The van der Waals surface area contributed by atoms with Crippen LogP contribution in [0.4, 0.5) is 0 Å². The molecular weight excluding hydrogens is 464 g/mol. The second-order valence-corrected chi connectivity index (χ2v) is 8.59. The second-order valence-electron chi connectivity index (χ2n) is 8.59. The fraction of sp³-hybridized carbons (Fsp3) is 0.250. The van der Waals surface area contributed by atoms with Crippen LogP contribution in [0, 0.1) is 0 Å². The average molecular weight is 499 g/mol. The van der Waals surface area contributed by atoms with Gasteiger partial charge in [0.2, 0.25) is 0 Å². The zero-order chi connectivity index (χ0) is 26.6. The first kappa shape index (κ1) is 27.6. The van der Waals surface area contributed by atoms with Gasteiger partial charge in [0.05, 0.1) is 13.2 Å². The quantitative estimate of drug-likeness (QED) is 0.243. The molecule has 5 nitrogen and oxygen atoms in total. The van der Waals surface area contributed by atoms with Crippen LogP contribution < -0.4 is 0 Å². The highest BCUT2D eigenvalue weighted by Gasteiger charge is 2.16. The Hall–Kier alpha value is -3.96. The number of aryl methyl sites for hydroxylation is 1. The van der Waals surface area contributed by atoms with Crippen LogP contribution in [-0.2, 0) is 44.7 Å². The fourth-order valence-corrected chi connectivity index (χ4v) is 4.41. The summed E-state index contributed by atoms with van der Waals surface area (Å²) in [6.07, 6.45) is 4.82. The average Bonchev–Trinajstić information content (AvgIpc) is 2.93. The van der Waals surface area contributed by atoms with Crippen LogP contribution >= 0.6 is 0 Å². The SMILES string of the molecule is C=CC(=O)OCCc1cc(-c2ccccc2CC)cc(CCOC(=O)C=C)c1-c1ccc(CCO)cc1. The van der Waals surface area contributed by atoms with Gasteiger partial charge in [0.1, 0.15) is 0 Å². The van der Waals surface area contributed by atoms with E-state index in [0.29, 0.717) is 19.3 Å². The zero-order valence-corrected chi connectivity index (χ0v) is 21.4. The van der Waals surface area contributed by atoms with Gasteiger partial charge in [0.15, 0.2) is 0 Å². The van der Waals surface area contributed by atoms with Gasteiger partial charge in [-0.2, -0.15) is 0 Å². The molecule has 0 spiro atoms. The van der Waals surface area contributed by atoms with Gasteiger partial charge in [-0.1, -0.05) is 80.7 Å². The Bertz CT molecular complexity index is 1190. The second kappa shape index (κ2) is 14.0. The molecule has 192 valence electrons. The molecule has 0 unspecified atom stereocenters. The number of carbonyl (C=O) groups excluding carboxylic acids is 2. The summed E-state index contributed by atoms with van der Waals surface area (Å²) in [6.45, 7) is 9.60. The molecule has 3 aromatic carbocycles. The van der Waals surface area contributed by atoms with Crippen LogP contribution in [-0.4, -0.2) is 36.9 Å². The minimum Gasteiger partial charge on any atom is -0.462 e. The summed E-state index contributed by atoms with van der Waals surface area (Å²) in [5, 5.41) is 9.30. The van der Waals surface area contributed by atoms with Gasteiger partial charge in [0, 0.05) is 31.6 Å². The largest absolute Gasteiger partial charge is 0.462 e. The Labute approximate surface area is 219 Å². The molecule has 0 fully saturated rings. The van der Waals surface area contributed by atoms with Crippen LogP contribution in [0.3, 0.4) is 0 Å². The third kappa shape index (κ3) is 7.51. The summed E-state index contributed by atoms with van der Waals surface area (Å²) < 4.78 is 10.7. The summed E-state index contributed by atoms with van der Waals surface area (Å²) in [6, 6.07) is 20.7. The van der Waals surface area contributed by atoms with E-state index in [1.165, 1.54) is 5.56 Å². The molecule has 3 aromatic rings. The van der Waals surface area contributed by atoms with E-state index in [9.17, 15) is 14.7 Å². The number of esters is 2. The molecule has 1 N–H and O–H groups in total. The molecule has 0 aliphatic heterocycles. The highest BCUT2D eigenvalue weighted by atomic mass is 16.5. The van der Waals surface area contributed by atoms with Crippen LogP contribution in [0.1, 0.15) is 29.2 Å². The monoisotopic (exact) mass is 498 g/mol. The molecule has 0 amide bonds. The van der Waals surface area contributed by atoms with Gasteiger partial charge in [-0.05, 0) is 57.3 Å². The van der Waals surface area contributed by atoms with Crippen molar-refractivity contribution in [2.75, 3.05) is 19.8 Å². The van der Waals surface area contributed by atoms with E-state index in [1.54, 1.807) is 0 Å². The van der Waals surface area contributed by atoms with Gasteiger partial charge in [0.25, 0.3) is 0 Å². The lowest BCUT2D eigenvalue weighted by Crippen LogP contribution is -2.09. The third-order valence-corrected chi connectivity index (χ3v) is 6.22. The van der Waals surface area contributed by atoms with Gasteiger partial charge in [-0.15, -0.1) is 0 Å². The molecule has 0 heterocycles. The van der Waals surface area contributed by atoms with Crippen LogP contribution in [0.25, 0.3) is 22.3 Å². The van der Waals surface area contributed by atoms with Crippen molar-refractivity contribution in [1.82, 2.24) is 0 Å². The topological polar surface area (TPSA) is 72.8 Å². The molecule has 0 aliphatic carbocycles. The summed E-state index contributed by atoms with van der Waals surface area (Å²) >= 11 is 0. The molecule has 3 rings (SSSR count). The minimum atomic E-state index is -0.459. The molecular formula is C32H34O5. The van der Waals surface area contributed by atoms with Gasteiger partial charge >= 0.3 is 11.9 Å². The van der Waals surface area contributed by atoms with Gasteiger partial charge in [-0.25, -0.2) is 9.59 Å². The molecule has 0 atom stereocenters. The van der Waals surface area contributed by atoms with Gasteiger partial charge in [-0.3, -0.25) is 0 Å². The summed E-state index contributed by atoms with van der Waals surface area (Å²) in [4.78, 5) is 23.4. The van der Waals surface area contributed by atoms with Gasteiger partial charge < -0.3 is 14.6 Å². The molecule has 0 bridgehead atoms. The van der Waals surface area contributed by atoms with Crippen molar-refractivity contribution in [3.63, 3.8) is 0 Å². The van der Waals surface area contributed by atoms with Crippen molar-refractivity contribution < 1.29 is 24.2 Å². The summed E-state index contributed by atoms with van der Waals surface area (Å²) in [5.74, 6) is -0.919. The smallest absolute Gasteiger partial charge is 0.330 e. The maximum Gasteiger partial charge on any atom is 0.330 e. The zero-order valence-electron chi connectivity index (χ0n) is 21.4.